The molecule has 0 aliphatic rings. The predicted octanol–water partition coefficient (Wildman–Crippen LogP) is 4.64. The number of hydrogen-bond donors (Lipinski definition) is 1. The van der Waals surface area contributed by atoms with E-state index in [1.165, 1.54) is 5.56 Å². The highest BCUT2D eigenvalue weighted by atomic mass is 16.4. The van der Waals surface area contributed by atoms with Crippen LogP contribution in [-0.2, 0) is 10.2 Å². The fraction of sp³-hybridized carbons (Fsp3) is 0.471. The monoisotopic (exact) mass is 260 g/mol. The van der Waals surface area contributed by atoms with Gasteiger partial charge in [-0.15, -0.1) is 0 Å². The Bertz CT molecular complexity index is 447. The van der Waals surface area contributed by atoms with E-state index in [0.29, 0.717) is 0 Å². The van der Waals surface area contributed by atoms with Crippen LogP contribution in [0.5, 0.6) is 0 Å². The first kappa shape index (κ1) is 15.5. The summed E-state index contributed by atoms with van der Waals surface area (Å²) in [6.07, 6.45) is 3.86. The molecule has 0 atom stereocenters. The molecule has 0 radical (unpaired) electrons. The van der Waals surface area contributed by atoms with Crippen LogP contribution in [0.25, 0.3) is 5.57 Å². The van der Waals surface area contributed by atoms with Crippen molar-refractivity contribution in [2.45, 2.75) is 52.4 Å². The molecule has 0 saturated carbocycles. The Hall–Kier alpha value is -1.57. The molecule has 1 aromatic rings. The topological polar surface area (TPSA) is 37.3 Å². The highest BCUT2D eigenvalue weighted by molar-refractivity contribution is 5.74. The van der Waals surface area contributed by atoms with Crippen LogP contribution in [-0.4, -0.2) is 11.1 Å². The van der Waals surface area contributed by atoms with Crippen molar-refractivity contribution in [1.29, 1.82) is 0 Å². The van der Waals surface area contributed by atoms with Crippen LogP contribution in [0.3, 0.4) is 0 Å². The fourth-order valence-corrected chi connectivity index (χ4v) is 2.03. The molecule has 104 valence electrons. The summed E-state index contributed by atoms with van der Waals surface area (Å²) in [5, 5.41) is 8.78. The van der Waals surface area contributed by atoms with Gasteiger partial charge in [-0.05, 0) is 28.5 Å². The normalized spacial score (nSPS) is 12.5. The molecule has 0 heterocycles. The number of carboxylic acid groups (broad SMARTS) is 1. The van der Waals surface area contributed by atoms with Gasteiger partial charge in [-0.2, -0.15) is 0 Å². The number of carboxylic acids is 1. The van der Waals surface area contributed by atoms with Crippen molar-refractivity contribution < 1.29 is 9.90 Å². The third-order valence-electron chi connectivity index (χ3n) is 3.16. The lowest BCUT2D eigenvalue weighted by Crippen LogP contribution is -2.10. The second kappa shape index (κ2) is 6.55. The molecular weight excluding hydrogens is 236 g/mol. The van der Waals surface area contributed by atoms with Gasteiger partial charge in [0.15, 0.2) is 0 Å². The number of aliphatic carboxylic acids is 1. The molecule has 0 fully saturated rings. The predicted molar refractivity (Wildman–Crippen MR) is 80.3 cm³/mol. The lowest BCUT2D eigenvalue weighted by Gasteiger charge is -2.19. The summed E-state index contributed by atoms with van der Waals surface area (Å²) >= 11 is 0. The van der Waals surface area contributed by atoms with E-state index < -0.39 is 5.97 Å². The molecule has 19 heavy (non-hydrogen) atoms. The van der Waals surface area contributed by atoms with E-state index in [1.54, 1.807) is 0 Å². The molecule has 0 aromatic heterocycles. The maximum atomic E-state index is 10.7. The molecule has 1 rings (SSSR count). The summed E-state index contributed by atoms with van der Waals surface area (Å²) in [6, 6.07) is 8.48. The van der Waals surface area contributed by atoms with Crippen LogP contribution < -0.4 is 0 Å². The SMILES string of the molecule is CCC/C(=C\CC(=O)O)c1ccc(C(C)(C)C)cc1. The summed E-state index contributed by atoms with van der Waals surface area (Å²) in [4.78, 5) is 10.7. The molecule has 0 bridgehead atoms. The molecule has 2 nitrogen and oxygen atoms in total. The summed E-state index contributed by atoms with van der Waals surface area (Å²) in [7, 11) is 0. The standard InChI is InChI=1S/C17H24O2/c1-5-6-13(9-12-16(18)19)14-7-10-15(11-8-14)17(2,3)4/h7-11H,5-6,12H2,1-4H3,(H,18,19)/b13-9+. The Kier molecular flexibility index (Phi) is 5.34. The first-order chi connectivity index (χ1) is 8.84. The van der Waals surface area contributed by atoms with E-state index >= 15 is 0 Å². The van der Waals surface area contributed by atoms with Crippen molar-refractivity contribution in [3.05, 3.63) is 41.5 Å². The smallest absolute Gasteiger partial charge is 0.307 e. The summed E-state index contributed by atoms with van der Waals surface area (Å²) in [5.41, 5.74) is 3.71. The molecule has 1 N–H and O–H groups in total. The zero-order valence-electron chi connectivity index (χ0n) is 12.4. The fourth-order valence-electron chi connectivity index (χ4n) is 2.03. The lowest BCUT2D eigenvalue weighted by atomic mass is 9.86. The number of rotatable bonds is 5. The molecule has 0 aliphatic carbocycles. The van der Waals surface area contributed by atoms with E-state index in [1.807, 2.05) is 6.08 Å². The zero-order valence-corrected chi connectivity index (χ0v) is 12.4. The van der Waals surface area contributed by atoms with Crippen molar-refractivity contribution in [3.63, 3.8) is 0 Å². The second-order valence-electron chi connectivity index (χ2n) is 5.90. The van der Waals surface area contributed by atoms with Gasteiger partial charge in [-0.3, -0.25) is 4.79 Å². The Balaban J connectivity index is 2.98. The van der Waals surface area contributed by atoms with Gasteiger partial charge >= 0.3 is 5.97 Å². The molecule has 0 spiro atoms. The third-order valence-corrected chi connectivity index (χ3v) is 3.16. The largest absolute Gasteiger partial charge is 0.481 e. The van der Waals surface area contributed by atoms with E-state index in [-0.39, 0.29) is 11.8 Å². The van der Waals surface area contributed by atoms with Crippen molar-refractivity contribution in [2.24, 2.45) is 0 Å². The summed E-state index contributed by atoms with van der Waals surface area (Å²) in [6.45, 7) is 8.68. The number of benzene rings is 1. The first-order valence-corrected chi connectivity index (χ1v) is 6.86. The van der Waals surface area contributed by atoms with Crippen LogP contribution in [0.4, 0.5) is 0 Å². The molecular formula is C17H24O2. The van der Waals surface area contributed by atoms with Crippen LogP contribution in [0.1, 0.15) is 58.1 Å². The quantitative estimate of drug-likeness (QED) is 0.837. The molecule has 0 aliphatic heterocycles. The van der Waals surface area contributed by atoms with Gasteiger partial charge in [0.1, 0.15) is 0 Å². The number of allylic oxidation sites excluding steroid dienone is 1. The van der Waals surface area contributed by atoms with Crippen molar-refractivity contribution in [2.75, 3.05) is 0 Å². The van der Waals surface area contributed by atoms with E-state index in [0.717, 1.165) is 24.0 Å². The van der Waals surface area contributed by atoms with Gasteiger partial charge in [0.05, 0.1) is 6.42 Å². The Morgan fingerprint density at radius 3 is 2.21 bits per heavy atom. The van der Waals surface area contributed by atoms with Crippen molar-refractivity contribution in [1.82, 2.24) is 0 Å². The van der Waals surface area contributed by atoms with Crippen LogP contribution in [0.2, 0.25) is 0 Å². The second-order valence-corrected chi connectivity index (χ2v) is 5.90. The molecule has 2 heteroatoms. The van der Waals surface area contributed by atoms with Crippen molar-refractivity contribution >= 4 is 11.5 Å². The van der Waals surface area contributed by atoms with Gasteiger partial charge in [0.2, 0.25) is 0 Å². The van der Waals surface area contributed by atoms with Crippen LogP contribution >= 0.6 is 0 Å². The third kappa shape index (κ3) is 4.90. The zero-order chi connectivity index (χ0) is 14.5. The maximum Gasteiger partial charge on any atom is 0.307 e. The molecule has 0 unspecified atom stereocenters. The molecule has 0 saturated heterocycles. The minimum absolute atomic E-state index is 0.0936. The Morgan fingerprint density at radius 2 is 1.79 bits per heavy atom. The van der Waals surface area contributed by atoms with Gasteiger partial charge in [0.25, 0.3) is 0 Å². The van der Waals surface area contributed by atoms with E-state index in [9.17, 15) is 4.79 Å². The lowest BCUT2D eigenvalue weighted by molar-refractivity contribution is -0.135. The van der Waals surface area contributed by atoms with Gasteiger partial charge in [0, 0.05) is 0 Å². The molecule has 1 aromatic carbocycles. The van der Waals surface area contributed by atoms with E-state index in [2.05, 4.69) is 52.0 Å². The van der Waals surface area contributed by atoms with Crippen molar-refractivity contribution in [3.8, 4) is 0 Å². The first-order valence-electron chi connectivity index (χ1n) is 6.86. The molecule has 0 amide bonds. The van der Waals surface area contributed by atoms with E-state index in [4.69, 9.17) is 5.11 Å². The van der Waals surface area contributed by atoms with Gasteiger partial charge < -0.3 is 5.11 Å². The summed E-state index contributed by atoms with van der Waals surface area (Å²) < 4.78 is 0. The maximum absolute atomic E-state index is 10.7. The minimum atomic E-state index is -0.778. The van der Waals surface area contributed by atoms with Gasteiger partial charge in [-0.25, -0.2) is 0 Å². The average molecular weight is 260 g/mol. The number of carbonyl (C=O) groups is 1. The highest BCUT2D eigenvalue weighted by Gasteiger charge is 2.13. The van der Waals surface area contributed by atoms with Crippen LogP contribution in [0, 0.1) is 0 Å². The Morgan fingerprint density at radius 1 is 1.21 bits per heavy atom. The minimum Gasteiger partial charge on any atom is -0.481 e. The summed E-state index contributed by atoms with van der Waals surface area (Å²) in [5.74, 6) is -0.778. The average Bonchev–Trinajstić information content (AvgIpc) is 2.33. The number of hydrogen-bond acceptors (Lipinski definition) is 1. The Labute approximate surface area is 116 Å². The van der Waals surface area contributed by atoms with Gasteiger partial charge in [-0.1, -0.05) is 64.5 Å². The van der Waals surface area contributed by atoms with Crippen LogP contribution in [0.15, 0.2) is 30.3 Å². The highest BCUT2D eigenvalue weighted by Crippen LogP contribution is 2.26.